The van der Waals surface area contributed by atoms with Crippen LogP contribution in [0.5, 0.6) is 0 Å². The molecular formula is C19H29N5O3. The largest absolute Gasteiger partial charge is 0.350 e. The summed E-state index contributed by atoms with van der Waals surface area (Å²) in [5, 5.41) is 7.45. The molecule has 148 valence electrons. The first-order chi connectivity index (χ1) is 12.7. The first kappa shape index (κ1) is 19.4. The Morgan fingerprint density at radius 3 is 2.37 bits per heavy atom. The maximum atomic E-state index is 12.6. The van der Waals surface area contributed by atoms with Crippen LogP contribution in [0.4, 0.5) is 4.79 Å². The minimum Gasteiger partial charge on any atom is -0.350 e. The molecule has 8 nitrogen and oxygen atoms in total. The van der Waals surface area contributed by atoms with Gasteiger partial charge in [0.15, 0.2) is 5.78 Å². The number of Topliss-reactive ketones (excluding diaryl/α,β-unsaturated/α-hetero) is 1. The van der Waals surface area contributed by atoms with Crippen LogP contribution < -0.4 is 5.32 Å². The Kier molecular flexibility index (Phi) is 5.26. The molecule has 2 fully saturated rings. The van der Waals surface area contributed by atoms with Gasteiger partial charge >= 0.3 is 6.03 Å². The predicted molar refractivity (Wildman–Crippen MR) is 101 cm³/mol. The zero-order valence-electron chi connectivity index (χ0n) is 16.8. The van der Waals surface area contributed by atoms with E-state index in [1.165, 1.54) is 19.8 Å². The van der Waals surface area contributed by atoms with Crippen LogP contribution in [0.15, 0.2) is 0 Å². The van der Waals surface area contributed by atoms with Crippen LogP contribution in [-0.2, 0) is 11.3 Å². The van der Waals surface area contributed by atoms with Crippen molar-refractivity contribution in [3.8, 4) is 0 Å². The van der Waals surface area contributed by atoms with E-state index < -0.39 is 0 Å². The molecule has 0 unspecified atom stereocenters. The molecule has 0 radical (unpaired) electrons. The number of ketones is 1. The summed E-state index contributed by atoms with van der Waals surface area (Å²) in [5.41, 5.74) is 1.94. The second-order valence-electron chi connectivity index (χ2n) is 8.02. The van der Waals surface area contributed by atoms with E-state index in [9.17, 15) is 14.4 Å². The Hall–Kier alpha value is -2.38. The lowest BCUT2D eigenvalue weighted by Gasteiger charge is -2.21. The quantitative estimate of drug-likeness (QED) is 0.784. The van der Waals surface area contributed by atoms with Crippen LogP contribution >= 0.6 is 0 Å². The summed E-state index contributed by atoms with van der Waals surface area (Å²) < 4.78 is 1.59. The van der Waals surface area contributed by atoms with Gasteiger partial charge in [0, 0.05) is 38.8 Å². The van der Waals surface area contributed by atoms with Crippen molar-refractivity contribution < 1.29 is 14.4 Å². The third kappa shape index (κ3) is 3.99. The fourth-order valence-electron chi connectivity index (χ4n) is 4.17. The lowest BCUT2D eigenvalue weighted by atomic mass is 9.98. The van der Waals surface area contributed by atoms with Crippen LogP contribution in [0.1, 0.15) is 41.5 Å². The highest BCUT2D eigenvalue weighted by molar-refractivity contribution is 5.96. The highest BCUT2D eigenvalue weighted by Crippen LogP contribution is 2.41. The number of carbonyl (C=O) groups excluding carboxylic acids is 3. The number of rotatable bonds is 5. The molecule has 2 heterocycles. The van der Waals surface area contributed by atoms with Gasteiger partial charge in [0.2, 0.25) is 5.91 Å². The second kappa shape index (κ2) is 7.32. The molecule has 1 saturated carbocycles. The Morgan fingerprint density at radius 2 is 1.85 bits per heavy atom. The number of aromatic nitrogens is 2. The molecule has 1 N–H and O–H groups in total. The smallest absolute Gasteiger partial charge is 0.319 e. The average molecular weight is 375 g/mol. The molecule has 27 heavy (non-hydrogen) atoms. The molecule has 3 rings (SSSR count). The first-order valence-corrected chi connectivity index (χ1v) is 9.49. The number of hydrogen-bond acceptors (Lipinski definition) is 4. The van der Waals surface area contributed by atoms with Crippen molar-refractivity contribution in [2.75, 3.05) is 27.2 Å². The van der Waals surface area contributed by atoms with Gasteiger partial charge in [-0.25, -0.2) is 4.79 Å². The Labute approximate surface area is 159 Å². The molecule has 2 atom stereocenters. The topological polar surface area (TPSA) is 87.5 Å². The van der Waals surface area contributed by atoms with Gasteiger partial charge in [0.1, 0.15) is 6.54 Å². The van der Waals surface area contributed by atoms with E-state index >= 15 is 0 Å². The van der Waals surface area contributed by atoms with Crippen molar-refractivity contribution in [3.05, 3.63) is 17.0 Å². The van der Waals surface area contributed by atoms with Crippen molar-refractivity contribution in [2.45, 2.75) is 46.2 Å². The molecule has 1 saturated heterocycles. The number of hydrogen-bond donors (Lipinski definition) is 1. The minimum atomic E-state index is -0.134. The Morgan fingerprint density at radius 1 is 1.19 bits per heavy atom. The molecule has 1 aromatic heterocycles. The molecule has 0 aromatic carbocycles. The number of urea groups is 1. The summed E-state index contributed by atoms with van der Waals surface area (Å²) in [7, 11) is 3.49. The zero-order chi connectivity index (χ0) is 19.9. The molecule has 1 aromatic rings. The van der Waals surface area contributed by atoms with Crippen LogP contribution in [0.2, 0.25) is 0 Å². The van der Waals surface area contributed by atoms with Crippen LogP contribution in [-0.4, -0.2) is 70.5 Å². The lowest BCUT2D eigenvalue weighted by Crippen LogP contribution is -2.44. The summed E-state index contributed by atoms with van der Waals surface area (Å²) in [6.45, 7) is 6.42. The standard InChI is InChI=1S/C19H29N5O3/c1-11-18(13(3)25)12(2)24(21-11)10-17(26)20-16-9-23(19(27)22(4)5)8-15(16)14-6-7-14/h14-16H,6-10H2,1-5H3,(H,20,26)/t15-,16+/m1/s1. The van der Waals surface area contributed by atoms with Crippen molar-refractivity contribution >= 4 is 17.7 Å². The molecule has 2 aliphatic rings. The van der Waals surface area contributed by atoms with Gasteiger partial charge in [-0.1, -0.05) is 0 Å². The van der Waals surface area contributed by atoms with E-state index in [-0.39, 0.29) is 30.3 Å². The van der Waals surface area contributed by atoms with Gasteiger partial charge in [-0.3, -0.25) is 14.3 Å². The molecule has 0 bridgehead atoms. The van der Waals surface area contributed by atoms with Gasteiger partial charge in [0.05, 0.1) is 17.3 Å². The van der Waals surface area contributed by atoms with Gasteiger partial charge in [-0.15, -0.1) is 0 Å². The number of amides is 3. The van der Waals surface area contributed by atoms with Crippen molar-refractivity contribution in [1.29, 1.82) is 0 Å². The number of nitrogens with one attached hydrogen (secondary N) is 1. The van der Waals surface area contributed by atoms with Crippen LogP contribution in [0.3, 0.4) is 0 Å². The third-order valence-corrected chi connectivity index (χ3v) is 5.62. The van der Waals surface area contributed by atoms with E-state index in [0.717, 1.165) is 0 Å². The zero-order valence-corrected chi connectivity index (χ0v) is 16.8. The van der Waals surface area contributed by atoms with Gasteiger partial charge in [-0.05, 0) is 39.5 Å². The maximum absolute atomic E-state index is 12.6. The summed E-state index contributed by atoms with van der Waals surface area (Å²) in [6.07, 6.45) is 2.33. The SMILES string of the molecule is CC(=O)c1c(C)nn(CC(=O)N[C@H]2CN(C(=O)N(C)C)C[C@@H]2C2CC2)c1C. The van der Waals surface area contributed by atoms with E-state index in [1.54, 1.807) is 30.6 Å². The third-order valence-electron chi connectivity index (χ3n) is 5.62. The molecule has 3 amide bonds. The fraction of sp³-hybridized carbons (Fsp3) is 0.684. The Bertz CT molecular complexity index is 766. The number of carbonyl (C=O) groups is 3. The maximum Gasteiger partial charge on any atom is 0.319 e. The number of nitrogens with zero attached hydrogens (tertiary/aromatic N) is 4. The first-order valence-electron chi connectivity index (χ1n) is 9.49. The molecule has 1 aliphatic carbocycles. The highest BCUT2D eigenvalue weighted by Gasteiger charge is 2.44. The van der Waals surface area contributed by atoms with E-state index in [4.69, 9.17) is 0 Å². The van der Waals surface area contributed by atoms with Crippen molar-refractivity contribution in [1.82, 2.24) is 24.9 Å². The van der Waals surface area contributed by atoms with Gasteiger partial charge in [-0.2, -0.15) is 5.10 Å². The molecule has 1 aliphatic heterocycles. The van der Waals surface area contributed by atoms with Crippen molar-refractivity contribution in [3.63, 3.8) is 0 Å². The second-order valence-corrected chi connectivity index (χ2v) is 8.02. The predicted octanol–water partition coefficient (Wildman–Crippen LogP) is 1.21. The van der Waals surface area contributed by atoms with E-state index in [1.807, 2.05) is 11.8 Å². The summed E-state index contributed by atoms with van der Waals surface area (Å²) in [6, 6.07) is -0.0415. The normalized spacial score (nSPS) is 22.0. The van der Waals surface area contributed by atoms with E-state index in [2.05, 4.69) is 10.4 Å². The summed E-state index contributed by atoms with van der Waals surface area (Å²) in [5.74, 6) is 0.726. The molecule has 8 heteroatoms. The van der Waals surface area contributed by atoms with Crippen LogP contribution in [0.25, 0.3) is 0 Å². The lowest BCUT2D eigenvalue weighted by molar-refractivity contribution is -0.122. The molecular weight excluding hydrogens is 346 g/mol. The minimum absolute atomic E-state index is 0.0120. The van der Waals surface area contributed by atoms with Crippen LogP contribution in [0, 0.1) is 25.7 Å². The number of aryl methyl sites for hydroxylation is 1. The van der Waals surface area contributed by atoms with Crippen molar-refractivity contribution in [2.24, 2.45) is 11.8 Å². The number of likely N-dealkylation sites (tertiary alicyclic amines) is 1. The highest BCUT2D eigenvalue weighted by atomic mass is 16.2. The Balaban J connectivity index is 1.67. The average Bonchev–Trinajstić information content (AvgIpc) is 3.27. The van der Waals surface area contributed by atoms with Gasteiger partial charge in [0.25, 0.3) is 0 Å². The molecule has 0 spiro atoms. The monoisotopic (exact) mass is 375 g/mol. The van der Waals surface area contributed by atoms with Gasteiger partial charge < -0.3 is 15.1 Å². The fourth-order valence-corrected chi connectivity index (χ4v) is 4.17. The summed E-state index contributed by atoms with van der Waals surface area (Å²) >= 11 is 0. The van der Waals surface area contributed by atoms with E-state index in [0.29, 0.717) is 41.9 Å². The summed E-state index contributed by atoms with van der Waals surface area (Å²) in [4.78, 5) is 40.1.